The summed E-state index contributed by atoms with van der Waals surface area (Å²) in [5, 5.41) is 7.35. The fraction of sp³-hybridized carbons (Fsp3) is 0.583. The van der Waals surface area contributed by atoms with Gasteiger partial charge in [-0.2, -0.15) is 24.7 Å². The zero-order chi connectivity index (χ0) is 13.9. The first-order chi connectivity index (χ1) is 9.70. The molecule has 0 saturated heterocycles. The van der Waals surface area contributed by atoms with E-state index in [1.165, 1.54) is 30.2 Å². The molecule has 2 heterocycles. The van der Waals surface area contributed by atoms with Crippen molar-refractivity contribution in [3.8, 4) is 5.95 Å². The average Bonchev–Trinajstić information content (AvgIpc) is 2.91. The number of rotatable bonds is 3. The van der Waals surface area contributed by atoms with E-state index in [0.29, 0.717) is 17.9 Å². The predicted molar refractivity (Wildman–Crippen MR) is 74.2 cm³/mol. The van der Waals surface area contributed by atoms with Crippen molar-refractivity contribution in [3.63, 3.8) is 0 Å². The number of nitrogens with zero attached hydrogens (tertiary/aromatic N) is 6. The zero-order valence-electron chi connectivity index (χ0n) is 11.4. The molecule has 0 aliphatic heterocycles. The maximum Gasteiger partial charge on any atom is 0.258 e. The zero-order valence-corrected chi connectivity index (χ0v) is 11.4. The summed E-state index contributed by atoms with van der Waals surface area (Å²) < 4.78 is 1.46. The van der Waals surface area contributed by atoms with Crippen LogP contribution in [0.15, 0.2) is 12.7 Å². The van der Waals surface area contributed by atoms with Crippen molar-refractivity contribution in [1.82, 2.24) is 29.7 Å². The molecule has 8 nitrogen and oxygen atoms in total. The first-order valence-corrected chi connectivity index (χ1v) is 6.84. The molecular formula is C12H18N8. The van der Waals surface area contributed by atoms with Crippen molar-refractivity contribution in [1.29, 1.82) is 0 Å². The Labute approximate surface area is 116 Å². The smallest absolute Gasteiger partial charge is 0.258 e. The second-order valence-corrected chi connectivity index (χ2v) is 5.27. The van der Waals surface area contributed by atoms with Gasteiger partial charge in [0.25, 0.3) is 5.95 Å². The molecule has 2 aromatic rings. The number of nitrogens with two attached hydrogens (primary N) is 1. The highest BCUT2D eigenvalue weighted by Gasteiger charge is 2.20. The number of aromatic nitrogens is 6. The second-order valence-electron chi connectivity index (χ2n) is 5.27. The van der Waals surface area contributed by atoms with Gasteiger partial charge in [0, 0.05) is 6.04 Å². The summed E-state index contributed by atoms with van der Waals surface area (Å²) in [5.41, 5.74) is 5.73. The number of hydrogen-bond donors (Lipinski definition) is 2. The van der Waals surface area contributed by atoms with Gasteiger partial charge in [-0.15, -0.1) is 0 Å². The Morgan fingerprint density at radius 3 is 2.95 bits per heavy atom. The van der Waals surface area contributed by atoms with Crippen molar-refractivity contribution in [3.05, 3.63) is 12.7 Å². The highest BCUT2D eigenvalue weighted by molar-refractivity contribution is 5.35. The van der Waals surface area contributed by atoms with Gasteiger partial charge in [-0.25, -0.2) is 4.98 Å². The van der Waals surface area contributed by atoms with E-state index in [4.69, 9.17) is 5.73 Å². The van der Waals surface area contributed by atoms with E-state index in [9.17, 15) is 0 Å². The molecular weight excluding hydrogens is 256 g/mol. The third kappa shape index (κ3) is 2.84. The minimum Gasteiger partial charge on any atom is -0.368 e. The van der Waals surface area contributed by atoms with Gasteiger partial charge >= 0.3 is 0 Å². The van der Waals surface area contributed by atoms with Crippen LogP contribution in [-0.2, 0) is 0 Å². The Bertz CT molecular complexity index is 567. The van der Waals surface area contributed by atoms with Crippen LogP contribution in [0.25, 0.3) is 5.95 Å². The Balaban J connectivity index is 1.79. The van der Waals surface area contributed by atoms with Gasteiger partial charge in [0.2, 0.25) is 11.9 Å². The van der Waals surface area contributed by atoms with E-state index in [1.807, 2.05) is 0 Å². The number of hydrogen-bond acceptors (Lipinski definition) is 7. The summed E-state index contributed by atoms with van der Waals surface area (Å²) in [4.78, 5) is 16.4. The monoisotopic (exact) mass is 274 g/mol. The Hall–Kier alpha value is -2.25. The molecule has 20 heavy (non-hydrogen) atoms. The summed E-state index contributed by atoms with van der Waals surface area (Å²) >= 11 is 0. The molecule has 2 aromatic heterocycles. The average molecular weight is 274 g/mol. The van der Waals surface area contributed by atoms with Gasteiger partial charge in [0.05, 0.1) is 0 Å². The molecule has 1 saturated carbocycles. The Morgan fingerprint density at radius 2 is 2.20 bits per heavy atom. The van der Waals surface area contributed by atoms with Crippen LogP contribution in [0.4, 0.5) is 11.9 Å². The molecule has 2 unspecified atom stereocenters. The van der Waals surface area contributed by atoms with Crippen LogP contribution in [0.5, 0.6) is 0 Å². The maximum atomic E-state index is 5.73. The molecule has 106 valence electrons. The van der Waals surface area contributed by atoms with Crippen molar-refractivity contribution in [2.45, 2.75) is 38.6 Å². The van der Waals surface area contributed by atoms with Crippen LogP contribution in [0.3, 0.4) is 0 Å². The SMILES string of the molecule is CC1CCCC(Nc2nc(N)nc(-n3cncn3)n2)C1. The minimum atomic E-state index is 0.178. The first-order valence-electron chi connectivity index (χ1n) is 6.84. The lowest BCUT2D eigenvalue weighted by molar-refractivity contribution is 0.357. The molecule has 0 spiro atoms. The van der Waals surface area contributed by atoms with Crippen molar-refractivity contribution in [2.24, 2.45) is 5.92 Å². The quantitative estimate of drug-likeness (QED) is 0.860. The number of nitrogens with one attached hydrogen (secondary N) is 1. The summed E-state index contributed by atoms with van der Waals surface area (Å²) in [6, 6.07) is 0.393. The van der Waals surface area contributed by atoms with Gasteiger partial charge in [-0.1, -0.05) is 19.8 Å². The van der Waals surface area contributed by atoms with Gasteiger partial charge < -0.3 is 11.1 Å². The summed E-state index contributed by atoms with van der Waals surface area (Å²) in [7, 11) is 0. The normalized spacial score (nSPS) is 22.6. The minimum absolute atomic E-state index is 0.178. The molecule has 1 aliphatic carbocycles. The van der Waals surface area contributed by atoms with Crippen molar-refractivity contribution >= 4 is 11.9 Å². The fourth-order valence-corrected chi connectivity index (χ4v) is 2.61. The summed E-state index contributed by atoms with van der Waals surface area (Å²) in [5.74, 6) is 1.79. The molecule has 1 aliphatic rings. The van der Waals surface area contributed by atoms with E-state index in [2.05, 4.69) is 37.3 Å². The number of anilines is 2. The third-order valence-electron chi connectivity index (χ3n) is 3.53. The van der Waals surface area contributed by atoms with E-state index < -0.39 is 0 Å². The van der Waals surface area contributed by atoms with Crippen molar-refractivity contribution in [2.75, 3.05) is 11.1 Å². The van der Waals surface area contributed by atoms with E-state index in [0.717, 1.165) is 18.8 Å². The molecule has 2 atom stereocenters. The highest BCUT2D eigenvalue weighted by Crippen LogP contribution is 2.25. The van der Waals surface area contributed by atoms with Gasteiger partial charge in [0.15, 0.2) is 0 Å². The van der Waals surface area contributed by atoms with E-state index in [1.54, 1.807) is 0 Å². The fourth-order valence-electron chi connectivity index (χ4n) is 2.61. The maximum absolute atomic E-state index is 5.73. The predicted octanol–water partition coefficient (Wildman–Crippen LogP) is 1.03. The molecule has 1 fully saturated rings. The van der Waals surface area contributed by atoms with Crippen molar-refractivity contribution < 1.29 is 0 Å². The van der Waals surface area contributed by atoms with E-state index >= 15 is 0 Å². The largest absolute Gasteiger partial charge is 0.368 e. The topological polar surface area (TPSA) is 107 Å². The van der Waals surface area contributed by atoms with Gasteiger partial charge in [-0.05, 0) is 18.8 Å². The molecule has 3 rings (SSSR count). The lowest BCUT2D eigenvalue weighted by Crippen LogP contribution is -2.27. The third-order valence-corrected chi connectivity index (χ3v) is 3.53. The molecule has 8 heteroatoms. The lowest BCUT2D eigenvalue weighted by Gasteiger charge is -2.27. The van der Waals surface area contributed by atoms with Gasteiger partial charge in [-0.3, -0.25) is 0 Å². The standard InChI is InChI=1S/C12H18N8/c1-8-3-2-4-9(5-8)16-11-17-10(13)18-12(19-11)20-7-14-6-15-20/h6-9H,2-5H2,1H3,(H3,13,16,17,18,19). The molecule has 0 amide bonds. The first kappa shape index (κ1) is 12.8. The van der Waals surface area contributed by atoms with Crippen LogP contribution < -0.4 is 11.1 Å². The molecule has 0 bridgehead atoms. The molecule has 3 N–H and O–H groups in total. The van der Waals surface area contributed by atoms with Crippen LogP contribution in [0.2, 0.25) is 0 Å². The highest BCUT2D eigenvalue weighted by atomic mass is 15.4. The Morgan fingerprint density at radius 1 is 1.30 bits per heavy atom. The lowest BCUT2D eigenvalue weighted by atomic mass is 9.87. The number of nitrogen functional groups attached to an aromatic ring is 1. The van der Waals surface area contributed by atoms with E-state index in [-0.39, 0.29) is 5.95 Å². The second kappa shape index (κ2) is 5.40. The van der Waals surface area contributed by atoms with Gasteiger partial charge in [0.1, 0.15) is 12.7 Å². The summed E-state index contributed by atoms with van der Waals surface area (Å²) in [6.45, 7) is 2.27. The van der Waals surface area contributed by atoms with Crippen LogP contribution in [0.1, 0.15) is 32.6 Å². The Kier molecular flexibility index (Phi) is 3.44. The molecule has 0 aromatic carbocycles. The molecule has 0 radical (unpaired) electrons. The summed E-state index contributed by atoms with van der Waals surface area (Å²) in [6.07, 6.45) is 7.74. The van der Waals surface area contributed by atoms with Crippen LogP contribution in [0, 0.1) is 5.92 Å². The van der Waals surface area contributed by atoms with Crippen LogP contribution in [-0.4, -0.2) is 35.8 Å². The van der Waals surface area contributed by atoms with Crippen LogP contribution >= 0.6 is 0 Å².